The van der Waals surface area contributed by atoms with Crippen LogP contribution in [0.5, 0.6) is 0 Å². The van der Waals surface area contributed by atoms with Crippen LogP contribution in [0.3, 0.4) is 0 Å². The van der Waals surface area contributed by atoms with Crippen LogP contribution in [0, 0.1) is 0 Å². The minimum atomic E-state index is 0.416. The number of hydrogen-bond acceptors (Lipinski definition) is 0. The molecule has 2 atom stereocenters. The molecule has 0 aliphatic heterocycles. The van der Waals surface area contributed by atoms with Gasteiger partial charge in [-0.3, -0.25) is 0 Å². The van der Waals surface area contributed by atoms with Gasteiger partial charge in [-0.1, -0.05) is 30.7 Å². The monoisotopic (exact) mass is 234 g/mol. The molecule has 2 aliphatic rings. The Bertz CT molecular complexity index is 367. The molecule has 0 amide bonds. The van der Waals surface area contributed by atoms with Crippen molar-refractivity contribution in [3.8, 4) is 0 Å². The van der Waals surface area contributed by atoms with E-state index in [1.807, 2.05) is 0 Å². The van der Waals surface area contributed by atoms with Gasteiger partial charge < -0.3 is 0 Å². The van der Waals surface area contributed by atoms with Crippen molar-refractivity contribution >= 4 is 11.6 Å². The molecule has 0 bridgehead atoms. The van der Waals surface area contributed by atoms with Gasteiger partial charge in [-0.25, -0.2) is 0 Å². The van der Waals surface area contributed by atoms with Gasteiger partial charge in [0.2, 0.25) is 0 Å². The summed E-state index contributed by atoms with van der Waals surface area (Å²) in [5.41, 5.74) is 3.24. The van der Waals surface area contributed by atoms with Crippen molar-refractivity contribution in [3.63, 3.8) is 0 Å². The molecule has 0 radical (unpaired) electrons. The molecule has 2 saturated carbocycles. The van der Waals surface area contributed by atoms with Crippen molar-refractivity contribution in [1.29, 1.82) is 0 Å². The molecule has 0 aromatic heterocycles. The van der Waals surface area contributed by atoms with Crippen LogP contribution >= 0.6 is 11.6 Å². The van der Waals surface area contributed by atoms with E-state index in [0.29, 0.717) is 5.38 Å². The van der Waals surface area contributed by atoms with E-state index in [4.69, 9.17) is 11.6 Å². The second-order valence-corrected chi connectivity index (χ2v) is 5.98. The maximum atomic E-state index is 6.24. The van der Waals surface area contributed by atoms with Crippen molar-refractivity contribution in [1.82, 2.24) is 0 Å². The van der Waals surface area contributed by atoms with Gasteiger partial charge in [-0.2, -0.15) is 0 Å². The van der Waals surface area contributed by atoms with Gasteiger partial charge in [0, 0.05) is 5.38 Å². The lowest BCUT2D eigenvalue weighted by molar-refractivity contribution is 0.415. The molecule has 1 aromatic rings. The third kappa shape index (κ3) is 1.88. The Kier molecular flexibility index (Phi) is 2.93. The summed E-state index contributed by atoms with van der Waals surface area (Å²) in [5, 5.41) is 0.416. The molecule has 1 aromatic carbocycles. The number of halogens is 1. The molecule has 2 aliphatic carbocycles. The molecule has 2 fully saturated rings. The van der Waals surface area contributed by atoms with Crippen molar-refractivity contribution in [2.45, 2.75) is 55.7 Å². The number of rotatable bonds is 2. The Morgan fingerprint density at radius 1 is 0.875 bits per heavy atom. The van der Waals surface area contributed by atoms with Crippen LogP contribution in [0.2, 0.25) is 0 Å². The van der Waals surface area contributed by atoms with E-state index in [1.165, 1.54) is 38.5 Å². The van der Waals surface area contributed by atoms with Crippen LogP contribution in [0.25, 0.3) is 0 Å². The number of alkyl halides is 1. The second kappa shape index (κ2) is 4.41. The SMILES string of the molecule is ClC1CCC(c2ccccc2C2CCC2)C1. The van der Waals surface area contributed by atoms with E-state index in [9.17, 15) is 0 Å². The predicted octanol–water partition coefficient (Wildman–Crippen LogP) is 4.83. The highest BCUT2D eigenvalue weighted by Crippen LogP contribution is 2.44. The zero-order chi connectivity index (χ0) is 11.0. The first-order chi connectivity index (χ1) is 7.84. The molecule has 16 heavy (non-hydrogen) atoms. The fourth-order valence-electron chi connectivity index (χ4n) is 3.18. The standard InChI is InChI=1S/C15H19Cl/c16-13-9-8-12(10-13)15-7-2-1-6-14(15)11-4-3-5-11/h1-2,6-7,11-13H,3-5,8-10H2. The van der Waals surface area contributed by atoms with Gasteiger partial charge in [-0.15, -0.1) is 11.6 Å². The Morgan fingerprint density at radius 3 is 2.06 bits per heavy atom. The smallest absolute Gasteiger partial charge is 0.0342 e. The lowest BCUT2D eigenvalue weighted by Gasteiger charge is -2.29. The van der Waals surface area contributed by atoms with Crippen LogP contribution in [0.15, 0.2) is 24.3 Å². The highest BCUT2D eigenvalue weighted by atomic mass is 35.5. The summed E-state index contributed by atoms with van der Waals surface area (Å²) in [4.78, 5) is 0. The molecule has 2 unspecified atom stereocenters. The maximum absolute atomic E-state index is 6.24. The van der Waals surface area contributed by atoms with E-state index in [-0.39, 0.29) is 0 Å². The van der Waals surface area contributed by atoms with E-state index < -0.39 is 0 Å². The average Bonchev–Trinajstić information content (AvgIpc) is 2.63. The fourth-order valence-corrected chi connectivity index (χ4v) is 3.52. The van der Waals surface area contributed by atoms with Crippen molar-refractivity contribution in [2.75, 3.05) is 0 Å². The highest BCUT2D eigenvalue weighted by molar-refractivity contribution is 6.20. The first-order valence-corrected chi connectivity index (χ1v) is 7.01. The number of hydrogen-bond donors (Lipinski definition) is 0. The molecular weight excluding hydrogens is 216 g/mol. The molecule has 1 heteroatoms. The van der Waals surface area contributed by atoms with Crippen molar-refractivity contribution in [3.05, 3.63) is 35.4 Å². The first-order valence-electron chi connectivity index (χ1n) is 6.57. The summed E-state index contributed by atoms with van der Waals surface area (Å²) in [5.74, 6) is 1.59. The van der Waals surface area contributed by atoms with Crippen LogP contribution in [0.1, 0.15) is 61.5 Å². The summed E-state index contributed by atoms with van der Waals surface area (Å²) in [6.45, 7) is 0. The summed E-state index contributed by atoms with van der Waals surface area (Å²) in [6.07, 6.45) is 7.89. The van der Waals surface area contributed by atoms with Crippen LogP contribution in [0.4, 0.5) is 0 Å². The van der Waals surface area contributed by atoms with Gasteiger partial charge >= 0.3 is 0 Å². The normalized spacial score (nSPS) is 30.3. The average molecular weight is 235 g/mol. The molecule has 0 heterocycles. The van der Waals surface area contributed by atoms with Crippen LogP contribution < -0.4 is 0 Å². The van der Waals surface area contributed by atoms with E-state index >= 15 is 0 Å². The molecule has 0 N–H and O–H groups in total. The third-order valence-electron chi connectivity index (χ3n) is 4.35. The summed E-state index contributed by atoms with van der Waals surface area (Å²) >= 11 is 6.24. The summed E-state index contributed by atoms with van der Waals surface area (Å²) in [7, 11) is 0. The minimum absolute atomic E-state index is 0.416. The third-order valence-corrected chi connectivity index (χ3v) is 4.75. The van der Waals surface area contributed by atoms with Gasteiger partial charge in [0.05, 0.1) is 0 Å². The second-order valence-electron chi connectivity index (χ2n) is 5.36. The Labute approximate surface area is 103 Å². The Balaban J connectivity index is 1.87. The molecule has 86 valence electrons. The topological polar surface area (TPSA) is 0 Å². The largest absolute Gasteiger partial charge is 0.123 e. The fraction of sp³-hybridized carbons (Fsp3) is 0.600. The van der Waals surface area contributed by atoms with Gasteiger partial charge in [0.15, 0.2) is 0 Å². The van der Waals surface area contributed by atoms with Crippen LogP contribution in [-0.2, 0) is 0 Å². The maximum Gasteiger partial charge on any atom is 0.0342 e. The summed E-state index contributed by atoms with van der Waals surface area (Å²) in [6, 6.07) is 9.08. The van der Waals surface area contributed by atoms with Gasteiger partial charge in [-0.05, 0) is 55.1 Å². The molecule has 0 saturated heterocycles. The van der Waals surface area contributed by atoms with E-state index in [1.54, 1.807) is 11.1 Å². The van der Waals surface area contributed by atoms with Gasteiger partial charge in [0.25, 0.3) is 0 Å². The Morgan fingerprint density at radius 2 is 1.56 bits per heavy atom. The van der Waals surface area contributed by atoms with Crippen molar-refractivity contribution in [2.24, 2.45) is 0 Å². The van der Waals surface area contributed by atoms with Crippen LogP contribution in [-0.4, -0.2) is 5.38 Å². The van der Waals surface area contributed by atoms with Crippen molar-refractivity contribution < 1.29 is 0 Å². The zero-order valence-electron chi connectivity index (χ0n) is 9.66. The predicted molar refractivity (Wildman–Crippen MR) is 69.3 cm³/mol. The lowest BCUT2D eigenvalue weighted by atomic mass is 9.76. The van der Waals surface area contributed by atoms with E-state index in [0.717, 1.165) is 11.8 Å². The summed E-state index contributed by atoms with van der Waals surface area (Å²) < 4.78 is 0. The first kappa shape index (κ1) is 10.7. The lowest BCUT2D eigenvalue weighted by Crippen LogP contribution is -2.12. The zero-order valence-corrected chi connectivity index (χ0v) is 10.4. The van der Waals surface area contributed by atoms with Gasteiger partial charge in [0.1, 0.15) is 0 Å². The molecule has 0 spiro atoms. The molecular formula is C15H19Cl. The van der Waals surface area contributed by atoms with E-state index in [2.05, 4.69) is 24.3 Å². The molecule has 3 rings (SSSR count). The molecule has 0 nitrogen and oxygen atoms in total. The quantitative estimate of drug-likeness (QED) is 0.643. The number of benzene rings is 1. The minimum Gasteiger partial charge on any atom is -0.123 e. The Hall–Kier alpha value is -0.490. The highest BCUT2D eigenvalue weighted by Gasteiger charge is 2.29.